The Morgan fingerprint density at radius 3 is 2.44 bits per heavy atom. The molecule has 1 N–H and O–H groups in total. The Bertz CT molecular complexity index is 742. The lowest BCUT2D eigenvalue weighted by atomic mass is 10.1. The number of nitrogens with one attached hydrogen (secondary N) is 1. The van der Waals surface area contributed by atoms with Gasteiger partial charge in [0.25, 0.3) is 5.91 Å². The quantitative estimate of drug-likeness (QED) is 0.750. The molecule has 2 saturated heterocycles. The number of carbonyl (C=O) groups is 2. The molecule has 0 aromatic heterocycles. The van der Waals surface area contributed by atoms with E-state index in [1.165, 1.54) is 5.56 Å². The zero-order valence-corrected chi connectivity index (χ0v) is 15.9. The fraction of sp³-hybridized carbons (Fsp3) is 0.500. The molecule has 9 heteroatoms. The van der Waals surface area contributed by atoms with Crippen molar-refractivity contribution in [2.24, 2.45) is 0 Å². The average Bonchev–Trinajstić information content (AvgIpc) is 3.22. The van der Waals surface area contributed by atoms with Crippen LogP contribution in [-0.2, 0) is 19.4 Å². The predicted octanol–water partition coefficient (Wildman–Crippen LogP) is 1.63. The van der Waals surface area contributed by atoms with Crippen LogP contribution in [0.15, 0.2) is 24.3 Å². The number of rotatable bonds is 5. The zero-order chi connectivity index (χ0) is 17.9. The van der Waals surface area contributed by atoms with Gasteiger partial charge in [0.1, 0.15) is 0 Å². The topological polar surface area (TPSA) is 89.5 Å². The van der Waals surface area contributed by atoms with Gasteiger partial charge in [0, 0.05) is 17.5 Å². The van der Waals surface area contributed by atoms with Crippen LogP contribution in [0.5, 0.6) is 0 Å². The highest BCUT2D eigenvalue weighted by molar-refractivity contribution is 8.19. The Morgan fingerprint density at radius 2 is 1.84 bits per heavy atom. The largest absolute Gasteiger partial charge is 0.452 e. The van der Waals surface area contributed by atoms with E-state index >= 15 is 0 Å². The van der Waals surface area contributed by atoms with E-state index in [0.29, 0.717) is 16.6 Å². The molecule has 136 valence electrons. The lowest BCUT2D eigenvalue weighted by Crippen LogP contribution is -2.38. The van der Waals surface area contributed by atoms with Gasteiger partial charge in [0.15, 0.2) is 16.4 Å². The maximum atomic E-state index is 12.0. The van der Waals surface area contributed by atoms with Crippen LogP contribution in [0.25, 0.3) is 0 Å². The van der Waals surface area contributed by atoms with Crippen LogP contribution in [0.3, 0.4) is 0 Å². The van der Waals surface area contributed by atoms with Gasteiger partial charge in [-0.2, -0.15) is 0 Å². The molecule has 0 unspecified atom stereocenters. The van der Waals surface area contributed by atoms with Crippen molar-refractivity contribution in [2.45, 2.75) is 17.0 Å². The van der Waals surface area contributed by atoms with E-state index in [-0.39, 0.29) is 11.5 Å². The first-order valence-corrected chi connectivity index (χ1v) is 11.8. The molecule has 6 nitrogen and oxygen atoms in total. The summed E-state index contributed by atoms with van der Waals surface area (Å²) >= 11 is 3.78. The van der Waals surface area contributed by atoms with Crippen LogP contribution >= 0.6 is 23.5 Å². The lowest BCUT2D eigenvalue weighted by molar-refractivity contribution is -0.124. The van der Waals surface area contributed by atoms with Crippen LogP contribution in [-0.4, -0.2) is 56.0 Å². The van der Waals surface area contributed by atoms with Crippen molar-refractivity contribution < 1.29 is 22.7 Å². The smallest absolute Gasteiger partial charge is 0.338 e. The Labute approximate surface area is 155 Å². The van der Waals surface area contributed by atoms with Gasteiger partial charge in [-0.3, -0.25) is 4.79 Å². The minimum atomic E-state index is -3.05. The van der Waals surface area contributed by atoms with Gasteiger partial charge in [0.2, 0.25) is 0 Å². The summed E-state index contributed by atoms with van der Waals surface area (Å²) < 4.78 is 28.1. The number of esters is 1. The zero-order valence-electron chi connectivity index (χ0n) is 13.5. The molecule has 1 aromatic carbocycles. The van der Waals surface area contributed by atoms with Crippen LogP contribution in [0.1, 0.15) is 26.9 Å². The molecule has 0 aliphatic carbocycles. The molecule has 2 fully saturated rings. The second kappa shape index (κ2) is 8.01. The molecular weight excluding hydrogens is 382 g/mol. The molecule has 1 atom stereocenters. The van der Waals surface area contributed by atoms with Crippen molar-refractivity contribution in [1.82, 2.24) is 5.32 Å². The van der Waals surface area contributed by atoms with Crippen LogP contribution < -0.4 is 5.32 Å². The Morgan fingerprint density at radius 1 is 1.16 bits per heavy atom. The van der Waals surface area contributed by atoms with Gasteiger partial charge < -0.3 is 10.1 Å². The number of carbonyl (C=O) groups excluding carboxylic acids is 2. The maximum absolute atomic E-state index is 12.0. The van der Waals surface area contributed by atoms with E-state index in [2.05, 4.69) is 5.32 Å². The SMILES string of the molecule is O=C(COC(=O)c1ccc(C2SCCS2)cc1)N[C@H]1CCS(=O)(=O)C1. The number of amides is 1. The molecule has 2 heterocycles. The monoisotopic (exact) mass is 401 g/mol. The fourth-order valence-corrected chi connectivity index (χ4v) is 7.25. The number of benzene rings is 1. The molecule has 1 amide bonds. The first-order chi connectivity index (χ1) is 11.9. The fourth-order valence-electron chi connectivity index (χ4n) is 2.72. The summed E-state index contributed by atoms with van der Waals surface area (Å²) in [7, 11) is -3.05. The van der Waals surface area contributed by atoms with Gasteiger partial charge in [-0.1, -0.05) is 12.1 Å². The van der Waals surface area contributed by atoms with Gasteiger partial charge in [-0.15, -0.1) is 23.5 Å². The van der Waals surface area contributed by atoms with Crippen molar-refractivity contribution in [3.8, 4) is 0 Å². The van der Waals surface area contributed by atoms with E-state index in [1.807, 2.05) is 35.7 Å². The van der Waals surface area contributed by atoms with Crippen molar-refractivity contribution in [3.05, 3.63) is 35.4 Å². The van der Waals surface area contributed by atoms with E-state index in [0.717, 1.165) is 11.5 Å². The Kier molecular flexibility index (Phi) is 5.96. The molecule has 2 aliphatic heterocycles. The first kappa shape index (κ1) is 18.6. The number of sulfone groups is 1. The number of thioether (sulfide) groups is 2. The summed E-state index contributed by atoms with van der Waals surface area (Å²) in [4.78, 5) is 23.8. The second-order valence-electron chi connectivity index (χ2n) is 5.94. The molecule has 0 bridgehead atoms. The van der Waals surface area contributed by atoms with Gasteiger partial charge in [-0.05, 0) is 24.1 Å². The van der Waals surface area contributed by atoms with E-state index in [4.69, 9.17) is 4.74 Å². The highest BCUT2D eigenvalue weighted by Crippen LogP contribution is 2.45. The number of hydrogen-bond acceptors (Lipinski definition) is 7. The predicted molar refractivity (Wildman–Crippen MR) is 99.6 cm³/mol. The highest BCUT2D eigenvalue weighted by Gasteiger charge is 2.29. The van der Waals surface area contributed by atoms with Crippen LogP contribution in [0.2, 0.25) is 0 Å². The summed E-state index contributed by atoms with van der Waals surface area (Å²) in [5.74, 6) is 1.26. The minimum Gasteiger partial charge on any atom is -0.452 e. The minimum absolute atomic E-state index is 0.0503. The second-order valence-corrected chi connectivity index (χ2v) is 10.9. The third-order valence-electron chi connectivity index (χ3n) is 3.97. The van der Waals surface area contributed by atoms with Crippen LogP contribution in [0.4, 0.5) is 0 Å². The van der Waals surface area contributed by atoms with E-state index in [9.17, 15) is 18.0 Å². The third kappa shape index (κ3) is 5.15. The molecule has 2 aliphatic rings. The Hall–Kier alpha value is -1.19. The first-order valence-electron chi connectivity index (χ1n) is 7.93. The van der Waals surface area contributed by atoms with Crippen molar-refractivity contribution >= 4 is 45.2 Å². The molecule has 3 rings (SSSR count). The number of ether oxygens (including phenoxy) is 1. The molecule has 0 saturated carbocycles. The van der Waals surface area contributed by atoms with Gasteiger partial charge in [-0.25, -0.2) is 13.2 Å². The van der Waals surface area contributed by atoms with Crippen molar-refractivity contribution in [3.63, 3.8) is 0 Å². The summed E-state index contributed by atoms with van der Waals surface area (Å²) in [5, 5.41) is 2.59. The van der Waals surface area contributed by atoms with Gasteiger partial charge >= 0.3 is 5.97 Å². The van der Waals surface area contributed by atoms with E-state index in [1.54, 1.807) is 12.1 Å². The molecule has 0 spiro atoms. The van der Waals surface area contributed by atoms with Crippen LogP contribution in [0, 0.1) is 0 Å². The molecule has 0 radical (unpaired) electrons. The molecular formula is C16H19NO5S3. The highest BCUT2D eigenvalue weighted by atomic mass is 32.2. The summed E-state index contributed by atoms with van der Waals surface area (Å²) in [5.41, 5.74) is 1.57. The standard InChI is InChI=1S/C16H19NO5S3/c18-14(17-13-5-8-25(20,21)10-13)9-22-15(19)11-1-3-12(4-2-11)16-23-6-7-24-16/h1-4,13,16H,5-10H2,(H,17,18)/t13-/m0/s1. The summed E-state index contributed by atoms with van der Waals surface area (Å²) in [6.07, 6.45) is 0.403. The average molecular weight is 402 g/mol. The Balaban J connectivity index is 1.46. The maximum Gasteiger partial charge on any atom is 0.338 e. The summed E-state index contributed by atoms with van der Waals surface area (Å²) in [6.45, 7) is -0.411. The third-order valence-corrected chi connectivity index (χ3v) is 8.84. The van der Waals surface area contributed by atoms with Gasteiger partial charge in [0.05, 0.1) is 21.7 Å². The molecule has 25 heavy (non-hydrogen) atoms. The van der Waals surface area contributed by atoms with Crippen molar-refractivity contribution in [2.75, 3.05) is 29.6 Å². The summed E-state index contributed by atoms with van der Waals surface area (Å²) in [6, 6.07) is 6.85. The van der Waals surface area contributed by atoms with E-state index < -0.39 is 34.4 Å². The van der Waals surface area contributed by atoms with Crippen molar-refractivity contribution in [1.29, 1.82) is 0 Å². The number of hydrogen-bond donors (Lipinski definition) is 1. The lowest BCUT2D eigenvalue weighted by Gasteiger charge is -2.11. The molecule has 1 aromatic rings. The normalized spacial score (nSPS) is 22.6.